The Balaban J connectivity index is 1.21. The van der Waals surface area contributed by atoms with Crippen LogP contribution in [0.25, 0.3) is 0 Å². The van der Waals surface area contributed by atoms with Crippen molar-refractivity contribution in [2.45, 2.75) is 126 Å². The molecule has 5 aliphatic rings. The van der Waals surface area contributed by atoms with Gasteiger partial charge in [0.05, 0.1) is 21.3 Å². The molecule has 0 amide bonds. The van der Waals surface area contributed by atoms with Crippen molar-refractivity contribution in [1.29, 1.82) is 0 Å². The standard InChI is InChI=1S/C36H54O5S/c1-4-35(37)17-15-29-26(23-35)10-11-31-30(29)14-16-34(3)32(12-13-33(31)34)25(2)22-28(24-36(38)18-20-41-21-19-36)42(39,40)27-8-6-5-7-9-27/h5-10,25,28-33,37-38H,4,11-24H2,1-3H3/t25-,28?,29+,30-,31-,32-,33+,34-,35+/m1/s1. The topological polar surface area (TPSA) is 83.8 Å². The van der Waals surface area contributed by atoms with E-state index in [2.05, 4.69) is 26.8 Å². The Morgan fingerprint density at radius 1 is 0.952 bits per heavy atom. The third-order valence-electron chi connectivity index (χ3n) is 13.2. The summed E-state index contributed by atoms with van der Waals surface area (Å²) in [7, 11) is -3.59. The number of benzene rings is 1. The Morgan fingerprint density at radius 2 is 1.69 bits per heavy atom. The normalized spacial score (nSPS) is 39.4. The van der Waals surface area contributed by atoms with E-state index in [1.54, 1.807) is 29.8 Å². The Labute approximate surface area is 254 Å². The lowest BCUT2D eigenvalue weighted by Crippen LogP contribution is -2.48. The van der Waals surface area contributed by atoms with Gasteiger partial charge in [-0.25, -0.2) is 8.42 Å². The maximum Gasteiger partial charge on any atom is 0.181 e. The molecule has 234 valence electrons. The van der Waals surface area contributed by atoms with E-state index in [4.69, 9.17) is 4.74 Å². The fraction of sp³-hybridized carbons (Fsp3) is 0.778. The molecular formula is C36H54O5S. The minimum atomic E-state index is -3.59. The molecule has 42 heavy (non-hydrogen) atoms. The van der Waals surface area contributed by atoms with E-state index in [0.29, 0.717) is 61.0 Å². The monoisotopic (exact) mass is 598 g/mol. The molecule has 1 saturated heterocycles. The SMILES string of the molecule is CC[C@]1(O)CC[C@H]2C(=CC[C@@H]3[C@@H]2CC[C@]2(C)[C@@H]([C@H](C)CC(CC4(O)CCOCC4)S(=O)(=O)c4ccccc4)CC[C@@H]32)C1. The predicted octanol–water partition coefficient (Wildman–Crippen LogP) is 7.12. The number of sulfone groups is 1. The molecule has 4 fully saturated rings. The molecule has 0 bridgehead atoms. The van der Waals surface area contributed by atoms with Crippen LogP contribution in [0.1, 0.15) is 104 Å². The highest BCUT2D eigenvalue weighted by atomic mass is 32.2. The predicted molar refractivity (Wildman–Crippen MR) is 167 cm³/mol. The molecule has 6 heteroatoms. The van der Waals surface area contributed by atoms with Crippen LogP contribution in [-0.4, -0.2) is 48.3 Å². The number of rotatable bonds is 8. The zero-order valence-electron chi connectivity index (χ0n) is 26.1. The van der Waals surface area contributed by atoms with Crippen molar-refractivity contribution < 1.29 is 23.4 Å². The van der Waals surface area contributed by atoms with Crippen LogP contribution in [0.2, 0.25) is 0 Å². The summed E-state index contributed by atoms with van der Waals surface area (Å²) in [5.74, 6) is 3.58. The van der Waals surface area contributed by atoms with Crippen LogP contribution in [0.4, 0.5) is 0 Å². The number of hydrogen-bond donors (Lipinski definition) is 2. The van der Waals surface area contributed by atoms with E-state index in [1.165, 1.54) is 25.7 Å². The van der Waals surface area contributed by atoms with E-state index in [0.717, 1.165) is 38.0 Å². The average Bonchev–Trinajstić information content (AvgIpc) is 3.34. The first kappa shape index (κ1) is 30.8. The Bertz CT molecular complexity index is 1240. The molecule has 2 N–H and O–H groups in total. The van der Waals surface area contributed by atoms with Crippen LogP contribution in [0.15, 0.2) is 46.9 Å². The van der Waals surface area contributed by atoms with Crippen LogP contribution in [0, 0.1) is 40.9 Å². The van der Waals surface area contributed by atoms with Gasteiger partial charge in [-0.1, -0.05) is 50.6 Å². The maximum absolute atomic E-state index is 14.1. The van der Waals surface area contributed by atoms with Crippen LogP contribution in [-0.2, 0) is 14.6 Å². The first-order chi connectivity index (χ1) is 20.0. The summed E-state index contributed by atoms with van der Waals surface area (Å²) >= 11 is 0. The Hall–Kier alpha value is -1.21. The molecule has 1 aromatic carbocycles. The van der Waals surface area contributed by atoms with E-state index in [1.807, 2.05) is 6.07 Å². The minimum absolute atomic E-state index is 0.237. The van der Waals surface area contributed by atoms with Crippen molar-refractivity contribution in [3.05, 3.63) is 42.0 Å². The second-order valence-electron chi connectivity index (χ2n) is 15.3. The summed E-state index contributed by atoms with van der Waals surface area (Å²) in [6.45, 7) is 7.94. The van der Waals surface area contributed by atoms with Crippen molar-refractivity contribution in [3.63, 3.8) is 0 Å². The first-order valence-corrected chi connectivity index (χ1v) is 18.5. The van der Waals surface area contributed by atoms with Gasteiger partial charge in [-0.3, -0.25) is 0 Å². The summed E-state index contributed by atoms with van der Waals surface area (Å²) in [5.41, 5.74) is 0.293. The van der Waals surface area contributed by atoms with Crippen molar-refractivity contribution >= 4 is 9.84 Å². The number of allylic oxidation sites excluding steroid dienone is 1. The molecule has 1 unspecified atom stereocenters. The van der Waals surface area contributed by atoms with Gasteiger partial charge in [-0.05, 0) is 137 Å². The van der Waals surface area contributed by atoms with Crippen LogP contribution in [0.3, 0.4) is 0 Å². The van der Waals surface area contributed by atoms with Crippen molar-refractivity contribution in [3.8, 4) is 0 Å². The quantitative estimate of drug-likeness (QED) is 0.312. The van der Waals surface area contributed by atoms with Crippen molar-refractivity contribution in [1.82, 2.24) is 0 Å². The molecule has 1 aliphatic heterocycles. The highest BCUT2D eigenvalue weighted by molar-refractivity contribution is 7.92. The zero-order valence-corrected chi connectivity index (χ0v) is 27.0. The van der Waals surface area contributed by atoms with E-state index in [9.17, 15) is 18.6 Å². The molecule has 3 saturated carbocycles. The second kappa shape index (κ2) is 11.6. The van der Waals surface area contributed by atoms with Gasteiger partial charge in [0, 0.05) is 13.2 Å². The van der Waals surface area contributed by atoms with Crippen LogP contribution >= 0.6 is 0 Å². The molecule has 0 radical (unpaired) electrons. The molecule has 0 spiro atoms. The van der Waals surface area contributed by atoms with Crippen LogP contribution < -0.4 is 0 Å². The van der Waals surface area contributed by atoms with E-state index >= 15 is 0 Å². The lowest BCUT2D eigenvalue weighted by Gasteiger charge is -2.55. The average molecular weight is 599 g/mol. The van der Waals surface area contributed by atoms with Gasteiger partial charge in [0.15, 0.2) is 9.84 Å². The highest BCUT2D eigenvalue weighted by Gasteiger charge is 2.57. The molecule has 9 atom stereocenters. The fourth-order valence-electron chi connectivity index (χ4n) is 10.7. The van der Waals surface area contributed by atoms with E-state index in [-0.39, 0.29) is 17.8 Å². The third-order valence-corrected chi connectivity index (χ3v) is 15.4. The highest BCUT2D eigenvalue weighted by Crippen LogP contribution is 2.65. The first-order valence-electron chi connectivity index (χ1n) is 17.0. The van der Waals surface area contributed by atoms with Gasteiger partial charge < -0.3 is 14.9 Å². The Morgan fingerprint density at radius 3 is 2.40 bits per heavy atom. The molecule has 5 nitrogen and oxygen atoms in total. The molecule has 1 aromatic rings. The van der Waals surface area contributed by atoms with Gasteiger partial charge in [-0.2, -0.15) is 0 Å². The molecule has 4 aliphatic carbocycles. The van der Waals surface area contributed by atoms with Crippen molar-refractivity contribution in [2.24, 2.45) is 40.9 Å². The minimum Gasteiger partial charge on any atom is -0.390 e. The number of fused-ring (bicyclic) bond motifs is 5. The smallest absolute Gasteiger partial charge is 0.181 e. The summed E-state index contributed by atoms with van der Waals surface area (Å²) in [4.78, 5) is 0.376. The van der Waals surface area contributed by atoms with Crippen molar-refractivity contribution in [2.75, 3.05) is 13.2 Å². The number of aliphatic hydroxyl groups is 2. The summed E-state index contributed by atoms with van der Waals surface area (Å²) < 4.78 is 33.7. The summed E-state index contributed by atoms with van der Waals surface area (Å²) in [6, 6.07) is 8.89. The molecule has 1 heterocycles. The van der Waals surface area contributed by atoms with Crippen LogP contribution in [0.5, 0.6) is 0 Å². The zero-order chi connectivity index (χ0) is 29.8. The summed E-state index contributed by atoms with van der Waals surface area (Å²) in [5, 5.41) is 21.9. The second-order valence-corrected chi connectivity index (χ2v) is 17.5. The number of hydrogen-bond acceptors (Lipinski definition) is 5. The third kappa shape index (κ3) is 5.56. The van der Waals surface area contributed by atoms with Gasteiger partial charge >= 0.3 is 0 Å². The maximum atomic E-state index is 14.1. The van der Waals surface area contributed by atoms with Gasteiger partial charge in [0.2, 0.25) is 0 Å². The Kier molecular flexibility index (Phi) is 8.52. The molecular weight excluding hydrogens is 544 g/mol. The fourth-order valence-corrected chi connectivity index (χ4v) is 12.7. The van der Waals surface area contributed by atoms with E-state index < -0.39 is 26.3 Å². The van der Waals surface area contributed by atoms with Gasteiger partial charge in [0.25, 0.3) is 0 Å². The molecule has 0 aromatic heterocycles. The van der Waals surface area contributed by atoms with Gasteiger partial charge in [-0.15, -0.1) is 0 Å². The van der Waals surface area contributed by atoms with Gasteiger partial charge in [0.1, 0.15) is 0 Å². The largest absolute Gasteiger partial charge is 0.390 e. The molecule has 6 rings (SSSR count). The summed E-state index contributed by atoms with van der Waals surface area (Å²) in [6.07, 6.45) is 14.3. The lowest BCUT2D eigenvalue weighted by atomic mass is 9.50. The number of ether oxygens (including phenoxy) is 1. The lowest BCUT2D eigenvalue weighted by molar-refractivity contribution is -0.0700.